The summed E-state index contributed by atoms with van der Waals surface area (Å²) in [6.07, 6.45) is 0.832. The van der Waals surface area contributed by atoms with Gasteiger partial charge in [0.15, 0.2) is 0 Å². The summed E-state index contributed by atoms with van der Waals surface area (Å²) in [4.78, 5) is 13.6. The Labute approximate surface area is 117 Å². The second-order valence-corrected chi connectivity index (χ2v) is 5.80. The monoisotopic (exact) mass is 283 g/mol. The van der Waals surface area contributed by atoms with Gasteiger partial charge >= 0.3 is 0 Å². The third kappa shape index (κ3) is 3.04. The van der Waals surface area contributed by atoms with E-state index in [0.717, 1.165) is 18.2 Å². The zero-order valence-corrected chi connectivity index (χ0v) is 11.7. The fourth-order valence-electron chi connectivity index (χ4n) is 2.93. The molecule has 1 aromatic carbocycles. The van der Waals surface area contributed by atoms with Gasteiger partial charge in [0.25, 0.3) is 0 Å². The molecule has 2 atom stereocenters. The van der Waals surface area contributed by atoms with E-state index in [2.05, 4.69) is 0 Å². The van der Waals surface area contributed by atoms with Crippen molar-refractivity contribution in [1.29, 1.82) is 0 Å². The number of benzene rings is 1. The first-order valence-electron chi connectivity index (χ1n) is 6.66. The van der Waals surface area contributed by atoms with Crippen LogP contribution in [-0.2, 0) is 10.4 Å². The number of rotatable bonds is 3. The smallest absolute Gasteiger partial charge is 0.136 e. The molecule has 0 unspecified atom stereocenters. The van der Waals surface area contributed by atoms with Crippen LogP contribution in [0.5, 0.6) is 0 Å². The van der Waals surface area contributed by atoms with Crippen LogP contribution in [0.1, 0.15) is 24.8 Å². The van der Waals surface area contributed by atoms with Gasteiger partial charge in [-0.25, -0.2) is 8.78 Å². The normalized spacial score (nSPS) is 27.1. The van der Waals surface area contributed by atoms with Gasteiger partial charge in [0.2, 0.25) is 0 Å². The van der Waals surface area contributed by atoms with Crippen LogP contribution in [0.4, 0.5) is 8.78 Å². The molecule has 2 rings (SSSR count). The minimum absolute atomic E-state index is 0.0767. The zero-order valence-electron chi connectivity index (χ0n) is 11.7. The van der Waals surface area contributed by atoms with Crippen molar-refractivity contribution < 1.29 is 18.7 Å². The summed E-state index contributed by atoms with van der Waals surface area (Å²) in [5.41, 5.74) is -1.35. The van der Waals surface area contributed by atoms with E-state index >= 15 is 0 Å². The van der Waals surface area contributed by atoms with Crippen LogP contribution in [0, 0.1) is 17.6 Å². The van der Waals surface area contributed by atoms with Gasteiger partial charge in [-0.3, -0.25) is 4.79 Å². The number of ketones is 1. The maximum atomic E-state index is 13.4. The first-order chi connectivity index (χ1) is 9.31. The molecule has 0 aromatic heterocycles. The molecule has 0 saturated heterocycles. The topological polar surface area (TPSA) is 40.5 Å². The zero-order chi connectivity index (χ0) is 14.9. The average molecular weight is 283 g/mol. The molecule has 0 radical (unpaired) electrons. The molecule has 0 bridgehead atoms. The molecule has 1 saturated carbocycles. The predicted octanol–water partition coefficient (Wildman–Crippen LogP) is 2.08. The van der Waals surface area contributed by atoms with Gasteiger partial charge in [-0.2, -0.15) is 0 Å². The Morgan fingerprint density at radius 2 is 1.90 bits per heavy atom. The van der Waals surface area contributed by atoms with Crippen molar-refractivity contribution in [1.82, 2.24) is 4.90 Å². The molecule has 0 aliphatic heterocycles. The molecule has 110 valence electrons. The van der Waals surface area contributed by atoms with E-state index in [-0.39, 0.29) is 23.7 Å². The lowest BCUT2D eigenvalue weighted by molar-refractivity contribution is -0.135. The minimum atomic E-state index is -1.50. The second kappa shape index (κ2) is 5.58. The summed E-state index contributed by atoms with van der Waals surface area (Å²) < 4.78 is 26.8. The molecule has 1 aliphatic rings. The Morgan fingerprint density at radius 1 is 1.30 bits per heavy atom. The maximum absolute atomic E-state index is 13.4. The highest BCUT2D eigenvalue weighted by atomic mass is 19.1. The molecule has 0 spiro atoms. The van der Waals surface area contributed by atoms with E-state index in [1.165, 1.54) is 0 Å². The Balaban J connectivity index is 2.41. The Bertz CT molecular complexity index is 498. The van der Waals surface area contributed by atoms with E-state index in [9.17, 15) is 18.7 Å². The van der Waals surface area contributed by atoms with Crippen molar-refractivity contribution in [2.75, 3.05) is 20.6 Å². The SMILES string of the molecule is CN(C)C[C@@H]1CCC(=O)C[C@@]1(O)c1cc(F)cc(F)c1. The molecule has 1 fully saturated rings. The van der Waals surface area contributed by atoms with E-state index in [1.54, 1.807) is 0 Å². The molecular formula is C15H19F2NO2. The van der Waals surface area contributed by atoms with Gasteiger partial charge in [-0.05, 0) is 38.2 Å². The van der Waals surface area contributed by atoms with Crippen LogP contribution in [0.2, 0.25) is 0 Å². The number of halogens is 2. The van der Waals surface area contributed by atoms with E-state index < -0.39 is 17.2 Å². The van der Waals surface area contributed by atoms with Crippen molar-refractivity contribution in [2.24, 2.45) is 5.92 Å². The number of hydrogen-bond donors (Lipinski definition) is 1. The van der Waals surface area contributed by atoms with E-state index in [0.29, 0.717) is 19.4 Å². The van der Waals surface area contributed by atoms with Crippen LogP contribution in [0.15, 0.2) is 18.2 Å². The quantitative estimate of drug-likeness (QED) is 0.923. The fourth-order valence-corrected chi connectivity index (χ4v) is 2.93. The van der Waals surface area contributed by atoms with Crippen molar-refractivity contribution >= 4 is 5.78 Å². The molecule has 0 amide bonds. The predicted molar refractivity (Wildman–Crippen MR) is 71.2 cm³/mol. The number of carbonyl (C=O) groups excluding carboxylic acids is 1. The van der Waals surface area contributed by atoms with Crippen molar-refractivity contribution in [3.8, 4) is 0 Å². The molecule has 20 heavy (non-hydrogen) atoms. The minimum Gasteiger partial charge on any atom is -0.384 e. The highest BCUT2D eigenvalue weighted by Crippen LogP contribution is 2.41. The maximum Gasteiger partial charge on any atom is 0.136 e. The highest BCUT2D eigenvalue weighted by molar-refractivity contribution is 5.80. The third-order valence-corrected chi connectivity index (χ3v) is 3.86. The van der Waals surface area contributed by atoms with Gasteiger partial charge in [0.1, 0.15) is 23.0 Å². The van der Waals surface area contributed by atoms with Crippen LogP contribution >= 0.6 is 0 Å². The molecule has 1 aromatic rings. The largest absolute Gasteiger partial charge is 0.384 e. The molecule has 3 nitrogen and oxygen atoms in total. The van der Waals surface area contributed by atoms with Gasteiger partial charge in [0, 0.05) is 31.4 Å². The first-order valence-corrected chi connectivity index (χ1v) is 6.66. The van der Waals surface area contributed by atoms with Crippen molar-refractivity contribution in [2.45, 2.75) is 24.9 Å². The lowest BCUT2D eigenvalue weighted by Gasteiger charge is -2.41. The lowest BCUT2D eigenvalue weighted by Crippen LogP contribution is -2.45. The number of hydrogen-bond acceptors (Lipinski definition) is 3. The average Bonchev–Trinajstić information content (AvgIpc) is 2.31. The van der Waals surface area contributed by atoms with Gasteiger partial charge in [-0.1, -0.05) is 0 Å². The van der Waals surface area contributed by atoms with Crippen LogP contribution < -0.4 is 0 Å². The second-order valence-electron chi connectivity index (χ2n) is 5.80. The molecular weight excluding hydrogens is 264 g/mol. The summed E-state index contributed by atoms with van der Waals surface area (Å²) >= 11 is 0. The number of aliphatic hydroxyl groups is 1. The van der Waals surface area contributed by atoms with Crippen LogP contribution in [-0.4, -0.2) is 36.4 Å². The van der Waals surface area contributed by atoms with Crippen LogP contribution in [0.3, 0.4) is 0 Å². The van der Waals surface area contributed by atoms with Gasteiger partial charge < -0.3 is 10.0 Å². The first kappa shape index (κ1) is 15.1. The number of Topliss-reactive ketones (excluding diaryl/α,β-unsaturated/α-hetero) is 1. The molecule has 1 N–H and O–H groups in total. The summed E-state index contributed by atoms with van der Waals surface area (Å²) in [7, 11) is 3.73. The van der Waals surface area contributed by atoms with E-state index in [4.69, 9.17) is 0 Å². The molecule has 0 heterocycles. The number of nitrogens with zero attached hydrogens (tertiary/aromatic N) is 1. The van der Waals surface area contributed by atoms with Crippen molar-refractivity contribution in [3.05, 3.63) is 35.4 Å². The van der Waals surface area contributed by atoms with Crippen LogP contribution in [0.25, 0.3) is 0 Å². The summed E-state index contributed by atoms with van der Waals surface area (Å²) in [6.45, 7) is 0.557. The van der Waals surface area contributed by atoms with Gasteiger partial charge in [0.05, 0.1) is 0 Å². The molecule has 5 heteroatoms. The Hall–Kier alpha value is -1.33. The van der Waals surface area contributed by atoms with E-state index in [1.807, 2.05) is 19.0 Å². The third-order valence-electron chi connectivity index (χ3n) is 3.86. The highest BCUT2D eigenvalue weighted by Gasteiger charge is 2.44. The van der Waals surface area contributed by atoms with Gasteiger partial charge in [-0.15, -0.1) is 0 Å². The Morgan fingerprint density at radius 3 is 2.45 bits per heavy atom. The standard InChI is InChI=1S/C15H19F2NO2/c1-18(2)9-10-3-4-14(19)8-15(10,20)11-5-12(16)7-13(17)6-11/h5-7,10,20H,3-4,8-9H2,1-2H3/t10-,15-/m0/s1. The van der Waals surface area contributed by atoms with Crippen molar-refractivity contribution in [3.63, 3.8) is 0 Å². The Kier molecular flexibility index (Phi) is 4.20. The lowest BCUT2D eigenvalue weighted by atomic mass is 9.70. The fraction of sp³-hybridized carbons (Fsp3) is 0.533. The summed E-state index contributed by atoms with van der Waals surface area (Å²) in [6, 6.07) is 2.99. The number of carbonyl (C=O) groups is 1. The summed E-state index contributed by atoms with van der Waals surface area (Å²) in [5.74, 6) is -1.78. The molecule has 1 aliphatic carbocycles. The summed E-state index contributed by atoms with van der Waals surface area (Å²) in [5, 5.41) is 10.9.